The summed E-state index contributed by atoms with van der Waals surface area (Å²) in [6.07, 6.45) is -0.798. The number of nitrogens with one attached hydrogen (secondary N) is 1. The predicted octanol–water partition coefficient (Wildman–Crippen LogP) is 4.44. The molecule has 0 aliphatic heterocycles. The van der Waals surface area contributed by atoms with Gasteiger partial charge in [0.2, 0.25) is 0 Å². The molecule has 144 valence electrons. The minimum Gasteiger partial charge on any atom is -0.495 e. The third-order valence-electron chi connectivity index (χ3n) is 4.12. The van der Waals surface area contributed by atoms with Gasteiger partial charge in [0.25, 0.3) is 11.6 Å². The van der Waals surface area contributed by atoms with Crippen molar-refractivity contribution in [3.05, 3.63) is 57.6 Å². The SMILES string of the molecule is COc1ccc([N+](=O)[O-])cc1NC(=O)[C@H](C)Oc1cc(C)ccc1C(C)C. The molecule has 1 amide bonds. The van der Waals surface area contributed by atoms with Crippen molar-refractivity contribution in [3.63, 3.8) is 0 Å². The van der Waals surface area contributed by atoms with Crippen LogP contribution in [0.5, 0.6) is 11.5 Å². The maximum Gasteiger partial charge on any atom is 0.271 e. The Hall–Kier alpha value is -3.09. The topological polar surface area (TPSA) is 90.7 Å². The molecule has 7 heteroatoms. The van der Waals surface area contributed by atoms with Gasteiger partial charge >= 0.3 is 0 Å². The number of non-ortho nitro benzene ring substituents is 1. The number of amides is 1. The van der Waals surface area contributed by atoms with Gasteiger partial charge in [-0.2, -0.15) is 0 Å². The molecule has 7 nitrogen and oxygen atoms in total. The van der Waals surface area contributed by atoms with E-state index in [0.29, 0.717) is 11.5 Å². The molecule has 2 aromatic carbocycles. The lowest BCUT2D eigenvalue weighted by Crippen LogP contribution is -2.30. The molecule has 0 aliphatic carbocycles. The third-order valence-corrected chi connectivity index (χ3v) is 4.12. The number of nitro groups is 1. The van der Waals surface area contributed by atoms with E-state index in [-0.39, 0.29) is 17.3 Å². The van der Waals surface area contributed by atoms with Crippen LogP contribution in [0.3, 0.4) is 0 Å². The van der Waals surface area contributed by atoms with Crippen LogP contribution in [-0.2, 0) is 4.79 Å². The Labute approximate surface area is 158 Å². The van der Waals surface area contributed by atoms with Crippen molar-refractivity contribution in [2.45, 2.75) is 39.7 Å². The Bertz CT molecular complexity index is 848. The molecular formula is C20H24N2O5. The first-order valence-corrected chi connectivity index (χ1v) is 8.63. The van der Waals surface area contributed by atoms with Crippen LogP contribution in [0, 0.1) is 17.0 Å². The first-order valence-electron chi connectivity index (χ1n) is 8.63. The van der Waals surface area contributed by atoms with Gasteiger partial charge in [-0.15, -0.1) is 0 Å². The molecule has 0 saturated heterocycles. The van der Waals surface area contributed by atoms with Crippen molar-refractivity contribution in [2.75, 3.05) is 12.4 Å². The van der Waals surface area contributed by atoms with Crippen LogP contribution in [0.1, 0.15) is 37.8 Å². The summed E-state index contributed by atoms with van der Waals surface area (Å²) in [6, 6.07) is 9.90. The van der Waals surface area contributed by atoms with E-state index in [1.54, 1.807) is 6.92 Å². The van der Waals surface area contributed by atoms with Crippen LogP contribution in [0.15, 0.2) is 36.4 Å². The smallest absolute Gasteiger partial charge is 0.271 e. The summed E-state index contributed by atoms with van der Waals surface area (Å²) in [7, 11) is 1.43. The molecule has 1 atom stereocenters. The van der Waals surface area contributed by atoms with Crippen molar-refractivity contribution in [1.29, 1.82) is 0 Å². The number of benzene rings is 2. The standard InChI is InChI=1S/C20H24N2O5/c1-12(2)16-8-6-13(3)10-19(16)27-14(4)20(23)21-17-11-15(22(24)25)7-9-18(17)26-5/h6-12,14H,1-5H3,(H,21,23)/t14-/m0/s1. The summed E-state index contributed by atoms with van der Waals surface area (Å²) >= 11 is 0. The third kappa shape index (κ3) is 4.97. The average Bonchev–Trinajstić information content (AvgIpc) is 2.61. The van der Waals surface area contributed by atoms with Gasteiger partial charge in [-0.1, -0.05) is 26.0 Å². The van der Waals surface area contributed by atoms with Gasteiger partial charge in [0.15, 0.2) is 6.10 Å². The molecule has 27 heavy (non-hydrogen) atoms. The number of carbonyl (C=O) groups excluding carboxylic acids is 1. The van der Waals surface area contributed by atoms with Crippen molar-refractivity contribution in [1.82, 2.24) is 0 Å². The molecule has 0 bridgehead atoms. The number of nitrogens with zero attached hydrogens (tertiary/aromatic N) is 1. The van der Waals surface area contributed by atoms with E-state index < -0.39 is 16.9 Å². The Morgan fingerprint density at radius 2 is 1.81 bits per heavy atom. The van der Waals surface area contributed by atoms with Gasteiger partial charge in [-0.3, -0.25) is 14.9 Å². The van der Waals surface area contributed by atoms with Gasteiger partial charge in [0.1, 0.15) is 11.5 Å². The molecule has 0 heterocycles. The highest BCUT2D eigenvalue weighted by molar-refractivity contribution is 5.95. The molecule has 0 unspecified atom stereocenters. The van der Waals surface area contributed by atoms with Crippen LogP contribution in [-0.4, -0.2) is 24.0 Å². The van der Waals surface area contributed by atoms with E-state index >= 15 is 0 Å². The first-order chi connectivity index (χ1) is 12.7. The van der Waals surface area contributed by atoms with E-state index in [4.69, 9.17) is 9.47 Å². The van der Waals surface area contributed by atoms with Crippen molar-refractivity contribution >= 4 is 17.3 Å². The van der Waals surface area contributed by atoms with Gasteiger partial charge < -0.3 is 14.8 Å². The monoisotopic (exact) mass is 372 g/mol. The van der Waals surface area contributed by atoms with E-state index in [1.807, 2.05) is 25.1 Å². The lowest BCUT2D eigenvalue weighted by atomic mass is 10.0. The first kappa shape index (κ1) is 20.2. The molecule has 0 spiro atoms. The molecule has 1 N–H and O–H groups in total. The van der Waals surface area contributed by atoms with Crippen LogP contribution < -0.4 is 14.8 Å². The van der Waals surface area contributed by atoms with Crippen molar-refractivity contribution in [2.24, 2.45) is 0 Å². The van der Waals surface area contributed by atoms with E-state index in [1.165, 1.54) is 25.3 Å². The van der Waals surface area contributed by atoms with Crippen molar-refractivity contribution < 1.29 is 19.2 Å². The minimum absolute atomic E-state index is 0.138. The number of hydrogen-bond acceptors (Lipinski definition) is 5. The van der Waals surface area contributed by atoms with Gasteiger partial charge in [-0.25, -0.2) is 0 Å². The Morgan fingerprint density at radius 3 is 2.41 bits per heavy atom. The summed E-state index contributed by atoms with van der Waals surface area (Å²) in [5.74, 6) is 0.802. The van der Waals surface area contributed by atoms with E-state index in [2.05, 4.69) is 19.2 Å². The van der Waals surface area contributed by atoms with Crippen LogP contribution in [0.4, 0.5) is 11.4 Å². The molecule has 0 aromatic heterocycles. The Morgan fingerprint density at radius 1 is 1.11 bits per heavy atom. The van der Waals surface area contributed by atoms with E-state index in [0.717, 1.165) is 11.1 Å². The zero-order chi connectivity index (χ0) is 20.1. The number of methoxy groups -OCH3 is 1. The number of nitro benzene ring substituents is 1. The summed E-state index contributed by atoms with van der Waals surface area (Å²) < 4.78 is 11.1. The maximum absolute atomic E-state index is 12.6. The molecular weight excluding hydrogens is 348 g/mol. The van der Waals surface area contributed by atoms with Crippen LogP contribution >= 0.6 is 0 Å². The average molecular weight is 372 g/mol. The highest BCUT2D eigenvalue weighted by Crippen LogP contribution is 2.30. The number of hydrogen-bond donors (Lipinski definition) is 1. The van der Waals surface area contributed by atoms with Crippen LogP contribution in [0.2, 0.25) is 0 Å². The number of anilines is 1. The normalized spacial score (nSPS) is 11.8. The van der Waals surface area contributed by atoms with Gasteiger partial charge in [0, 0.05) is 12.1 Å². The van der Waals surface area contributed by atoms with Crippen molar-refractivity contribution in [3.8, 4) is 11.5 Å². The Kier molecular flexibility index (Phi) is 6.39. The summed E-state index contributed by atoms with van der Waals surface area (Å²) in [6.45, 7) is 7.69. The van der Waals surface area contributed by atoms with Crippen LogP contribution in [0.25, 0.3) is 0 Å². The largest absolute Gasteiger partial charge is 0.495 e. The lowest BCUT2D eigenvalue weighted by Gasteiger charge is -2.20. The number of carbonyl (C=O) groups is 1. The molecule has 0 fully saturated rings. The second-order valence-corrected chi connectivity index (χ2v) is 6.59. The van der Waals surface area contributed by atoms with Gasteiger partial charge in [-0.05, 0) is 43.0 Å². The molecule has 0 aliphatic rings. The highest BCUT2D eigenvalue weighted by atomic mass is 16.6. The minimum atomic E-state index is -0.798. The number of ether oxygens (including phenoxy) is 2. The number of aryl methyl sites for hydroxylation is 1. The molecule has 0 saturated carbocycles. The second-order valence-electron chi connectivity index (χ2n) is 6.59. The summed E-state index contributed by atoms with van der Waals surface area (Å²) in [5, 5.41) is 13.6. The summed E-state index contributed by atoms with van der Waals surface area (Å²) in [5.41, 5.74) is 2.12. The summed E-state index contributed by atoms with van der Waals surface area (Å²) in [4.78, 5) is 23.0. The highest BCUT2D eigenvalue weighted by Gasteiger charge is 2.20. The molecule has 0 radical (unpaired) electrons. The predicted molar refractivity (Wildman–Crippen MR) is 104 cm³/mol. The quantitative estimate of drug-likeness (QED) is 0.573. The fraction of sp³-hybridized carbons (Fsp3) is 0.350. The fourth-order valence-corrected chi connectivity index (χ4v) is 2.61. The fourth-order valence-electron chi connectivity index (χ4n) is 2.61. The molecule has 2 rings (SSSR count). The maximum atomic E-state index is 12.6. The zero-order valence-corrected chi connectivity index (χ0v) is 16.1. The van der Waals surface area contributed by atoms with Gasteiger partial charge in [0.05, 0.1) is 17.7 Å². The second kappa shape index (κ2) is 8.53. The zero-order valence-electron chi connectivity index (χ0n) is 16.1. The Balaban J connectivity index is 2.21. The number of rotatable bonds is 7. The van der Waals surface area contributed by atoms with E-state index in [9.17, 15) is 14.9 Å². The lowest BCUT2D eigenvalue weighted by molar-refractivity contribution is -0.384. The molecule has 2 aromatic rings.